The molecule has 2 aromatic carbocycles. The fourth-order valence-corrected chi connectivity index (χ4v) is 8.57. The van der Waals surface area contributed by atoms with E-state index in [4.69, 9.17) is 9.57 Å². The van der Waals surface area contributed by atoms with Crippen LogP contribution in [-0.4, -0.2) is 71.6 Å². The molecule has 2 atom stereocenters. The zero-order chi connectivity index (χ0) is 42.1. The van der Waals surface area contributed by atoms with Gasteiger partial charge in [0.2, 0.25) is 11.5 Å². The molecule has 0 radical (unpaired) electrons. The highest BCUT2D eigenvalue weighted by Crippen LogP contribution is 2.46. The second kappa shape index (κ2) is 16.7. The fraction of sp³-hybridized carbons (Fsp3) is 0.341. The summed E-state index contributed by atoms with van der Waals surface area (Å²) in [6.45, 7) is 14.1. The number of carbonyl (C=O) groups excluding carboxylic acids is 4. The van der Waals surface area contributed by atoms with Crippen molar-refractivity contribution in [3.8, 4) is 22.6 Å². The van der Waals surface area contributed by atoms with Crippen molar-refractivity contribution in [2.24, 2.45) is 11.1 Å². The van der Waals surface area contributed by atoms with Crippen LogP contribution in [0.5, 0.6) is 11.5 Å². The molecule has 2 N–H and O–H groups in total. The van der Waals surface area contributed by atoms with E-state index in [1.54, 1.807) is 45.2 Å². The van der Waals surface area contributed by atoms with Crippen LogP contribution in [0, 0.1) is 19.8 Å². The summed E-state index contributed by atoms with van der Waals surface area (Å²) in [5, 5.41) is 25.7. The van der Waals surface area contributed by atoms with Crippen LogP contribution in [0.2, 0.25) is 0 Å². The van der Waals surface area contributed by atoms with Gasteiger partial charge in [0.1, 0.15) is 11.3 Å². The maximum absolute atomic E-state index is 13.8. The van der Waals surface area contributed by atoms with Crippen molar-refractivity contribution in [3.05, 3.63) is 111 Å². The van der Waals surface area contributed by atoms with E-state index in [1.807, 2.05) is 61.8 Å². The van der Waals surface area contributed by atoms with Crippen molar-refractivity contribution >= 4 is 58.3 Å². The lowest BCUT2D eigenvalue weighted by Crippen LogP contribution is -2.61. The number of hydrogen-bond acceptors (Lipinski definition) is 12. The maximum Gasteiger partial charge on any atom is 0.353 e. The Morgan fingerprint density at radius 1 is 1.02 bits per heavy atom. The van der Waals surface area contributed by atoms with Gasteiger partial charge in [0.15, 0.2) is 47.7 Å². The van der Waals surface area contributed by atoms with E-state index >= 15 is 0 Å². The lowest BCUT2D eigenvalue weighted by atomic mass is 9.88. The molecule has 0 saturated carbocycles. The number of phenols is 2. The first-order valence-electron chi connectivity index (χ1n) is 18.7. The lowest BCUT2D eigenvalue weighted by Gasteiger charge is -2.49. The Morgan fingerprint density at radius 3 is 2.36 bits per heavy atom. The van der Waals surface area contributed by atoms with Gasteiger partial charge in [0.05, 0.1) is 22.0 Å². The Morgan fingerprint density at radius 2 is 1.74 bits per heavy atom. The lowest BCUT2D eigenvalue weighted by molar-refractivity contribution is -0.688. The number of fused-ring (bicyclic) bond motifs is 1. The first-order valence-corrected chi connectivity index (χ1v) is 20.7. The molecule has 0 spiro atoms. The standard InChI is InChI=1S/C44H46N4O8S2/c1-25-21-47(18-17-32(25)30-15-16-35(50)36(51)19-30)22-29-11-9-28(10-12-29)13-14-31-23-58-41-33(40(53)48(41)39(31)26(2)49)20-37(52)38(34-24-57-27(3)45-34)46-56-44(7,8)42(54)55-43(4,5)6/h9-19,21,24,33,41,51H,20,22-23H2,1-8H3/p+1/b14-13?,46-38-/t33-,41-/m1/s1. The van der Waals surface area contributed by atoms with Gasteiger partial charge in [-0.2, -0.15) is 0 Å². The average Bonchev–Trinajstić information content (AvgIpc) is 3.59. The third-order valence-electron chi connectivity index (χ3n) is 9.55. The van der Waals surface area contributed by atoms with Crippen molar-refractivity contribution in [3.63, 3.8) is 0 Å². The van der Waals surface area contributed by atoms with Crippen molar-refractivity contribution in [1.29, 1.82) is 0 Å². The van der Waals surface area contributed by atoms with Crippen LogP contribution in [0.1, 0.15) is 75.4 Å². The summed E-state index contributed by atoms with van der Waals surface area (Å²) in [6.07, 6.45) is 7.63. The Hall–Kier alpha value is -5.60. The van der Waals surface area contributed by atoms with Crippen LogP contribution in [0.15, 0.2) is 88.8 Å². The molecule has 2 aliphatic rings. The predicted molar refractivity (Wildman–Crippen MR) is 223 cm³/mol. The topological polar surface area (TPSA) is 160 Å². The minimum Gasteiger partial charge on any atom is -0.504 e. The van der Waals surface area contributed by atoms with E-state index < -0.39 is 34.2 Å². The van der Waals surface area contributed by atoms with Gasteiger partial charge < -0.3 is 19.8 Å². The second-order valence-electron chi connectivity index (χ2n) is 15.9. The number of amides is 1. The highest BCUT2D eigenvalue weighted by Gasteiger charge is 2.53. The molecule has 4 aromatic rings. The Balaban J connectivity index is 1.12. The smallest absolute Gasteiger partial charge is 0.353 e. The molecule has 6 rings (SSSR count). The number of Topliss-reactive ketones (excluding diaryl/α,β-unsaturated/α-hetero) is 2. The summed E-state index contributed by atoms with van der Waals surface area (Å²) in [4.78, 5) is 64.8. The SMILES string of the molecule is CC(=O)C1=C(C=Cc2ccc(C[n+]3ccc(-c4ccc(O)c(O)c4)c(C)c3)cc2)CS[C@@H]2[C@H](CC(=O)/C(=N\OC(C)(C)C(=O)OC(C)(C)C)c3csc(C)n3)C(=O)N12. The van der Waals surface area contributed by atoms with Crippen LogP contribution in [0.4, 0.5) is 0 Å². The number of nitrogens with zero attached hydrogens (tertiary/aromatic N) is 4. The van der Waals surface area contributed by atoms with E-state index in [-0.39, 0.29) is 41.0 Å². The number of rotatable bonds is 13. The number of carbonyl (C=O) groups is 4. The molecule has 4 heterocycles. The van der Waals surface area contributed by atoms with Gasteiger partial charge in [-0.05, 0) is 82.9 Å². The van der Waals surface area contributed by atoms with Gasteiger partial charge in [-0.3, -0.25) is 19.3 Å². The van der Waals surface area contributed by atoms with Crippen molar-refractivity contribution < 1.29 is 43.5 Å². The molecule has 12 nitrogen and oxygen atoms in total. The van der Waals surface area contributed by atoms with Gasteiger partial charge >= 0.3 is 5.97 Å². The zero-order valence-electron chi connectivity index (χ0n) is 33.7. The minimum atomic E-state index is -1.51. The van der Waals surface area contributed by atoms with Crippen LogP contribution < -0.4 is 4.57 Å². The number of esters is 1. The summed E-state index contributed by atoms with van der Waals surface area (Å²) in [6, 6.07) is 14.8. The monoisotopic (exact) mass is 823 g/mol. The van der Waals surface area contributed by atoms with Crippen LogP contribution in [0.3, 0.4) is 0 Å². The van der Waals surface area contributed by atoms with Crippen LogP contribution in [-0.2, 0) is 35.3 Å². The maximum atomic E-state index is 13.8. The number of allylic oxidation sites excluding steroid dienone is 2. The summed E-state index contributed by atoms with van der Waals surface area (Å²) < 4.78 is 7.54. The number of hydrogen-bond donors (Lipinski definition) is 2. The van der Waals surface area contributed by atoms with E-state index in [0.29, 0.717) is 23.0 Å². The first kappa shape index (κ1) is 42.0. The summed E-state index contributed by atoms with van der Waals surface area (Å²) in [7, 11) is 0. The predicted octanol–water partition coefficient (Wildman–Crippen LogP) is 7.06. The third-order valence-corrected chi connectivity index (χ3v) is 11.7. The first-order chi connectivity index (χ1) is 27.3. The van der Waals surface area contributed by atoms with Gasteiger partial charge in [0.25, 0.3) is 0 Å². The Kier molecular flexibility index (Phi) is 12.1. The second-order valence-corrected chi connectivity index (χ2v) is 18.0. The number of aromatic nitrogens is 2. The average molecular weight is 824 g/mol. The molecule has 302 valence electrons. The van der Waals surface area contributed by atoms with Crippen LogP contribution >= 0.6 is 23.1 Å². The molecular formula is C44H47N4O8S2+. The zero-order valence-corrected chi connectivity index (χ0v) is 35.4. The number of benzene rings is 2. The molecule has 0 aliphatic carbocycles. The normalized spacial score (nSPS) is 17.3. The van der Waals surface area contributed by atoms with Crippen molar-refractivity contribution in [2.45, 2.75) is 84.9 Å². The molecule has 2 aromatic heterocycles. The Bertz CT molecular complexity index is 2370. The van der Waals surface area contributed by atoms with Gasteiger partial charge in [-0.25, -0.2) is 14.3 Å². The highest BCUT2D eigenvalue weighted by atomic mass is 32.2. The number of β-lactam (4-membered cyclic amide) rings is 1. The molecule has 1 saturated heterocycles. The molecule has 0 unspecified atom stereocenters. The summed E-state index contributed by atoms with van der Waals surface area (Å²) in [5.74, 6) is -2.22. The van der Waals surface area contributed by atoms with Crippen molar-refractivity contribution in [2.75, 3.05) is 5.75 Å². The van der Waals surface area contributed by atoms with Gasteiger partial charge in [-0.1, -0.05) is 47.6 Å². The number of ketones is 2. The summed E-state index contributed by atoms with van der Waals surface area (Å²) in [5.41, 5.74) is 3.78. The molecular weight excluding hydrogens is 777 g/mol. The molecule has 2 aliphatic heterocycles. The number of pyridine rings is 1. The molecule has 14 heteroatoms. The van der Waals surface area contributed by atoms with Gasteiger partial charge in [0, 0.05) is 41.7 Å². The number of oxime groups is 1. The number of thioether (sulfide) groups is 1. The number of phenolic OH excluding ortho intramolecular Hbond substituents is 2. The number of ether oxygens (including phenoxy) is 1. The Labute approximate surface area is 345 Å². The van der Waals surface area contributed by atoms with E-state index in [1.165, 1.54) is 54.8 Å². The number of aryl methyl sites for hydroxylation is 2. The molecule has 0 bridgehead atoms. The minimum absolute atomic E-state index is 0.0934. The van der Waals surface area contributed by atoms with Gasteiger partial charge in [-0.15, -0.1) is 23.1 Å². The molecule has 1 amide bonds. The molecule has 1 fully saturated rings. The fourth-order valence-electron chi connectivity index (χ4n) is 6.59. The quantitative estimate of drug-likeness (QED) is 0.0357. The molecule has 58 heavy (non-hydrogen) atoms. The number of thiazole rings is 1. The van der Waals surface area contributed by atoms with E-state index in [2.05, 4.69) is 14.7 Å². The van der Waals surface area contributed by atoms with Crippen LogP contribution in [0.25, 0.3) is 17.2 Å². The van der Waals surface area contributed by atoms with E-state index in [0.717, 1.165) is 33.4 Å². The number of aromatic hydroxyl groups is 2. The highest BCUT2D eigenvalue weighted by molar-refractivity contribution is 8.00. The summed E-state index contributed by atoms with van der Waals surface area (Å²) >= 11 is 2.82. The van der Waals surface area contributed by atoms with Crippen molar-refractivity contribution in [1.82, 2.24) is 9.88 Å². The largest absolute Gasteiger partial charge is 0.504 e. The van der Waals surface area contributed by atoms with E-state index in [9.17, 15) is 29.4 Å². The third kappa shape index (κ3) is 9.40.